The lowest BCUT2D eigenvalue weighted by Gasteiger charge is -2.27. The molecule has 0 atom stereocenters. The molecule has 0 aliphatic carbocycles. The molecule has 0 spiro atoms. The summed E-state index contributed by atoms with van der Waals surface area (Å²) in [4.78, 5) is 12.5. The summed E-state index contributed by atoms with van der Waals surface area (Å²) in [5.74, 6) is 0.379. The third-order valence-electron chi connectivity index (χ3n) is 4.20. The van der Waals surface area contributed by atoms with Gasteiger partial charge in [-0.15, -0.1) is 0 Å². The first-order chi connectivity index (χ1) is 12.6. The van der Waals surface area contributed by atoms with Crippen LogP contribution in [0.4, 0.5) is 11.4 Å². The highest BCUT2D eigenvalue weighted by Gasteiger charge is 2.25. The van der Waals surface area contributed by atoms with Gasteiger partial charge in [0, 0.05) is 5.69 Å². The molecule has 1 amide bonds. The van der Waals surface area contributed by atoms with Gasteiger partial charge in [-0.1, -0.05) is 32.0 Å². The minimum Gasteiger partial charge on any atom is -0.497 e. The number of carbonyl (C=O) groups excluding carboxylic acids is 1. The summed E-state index contributed by atoms with van der Waals surface area (Å²) in [6.07, 6.45) is 1.12. The van der Waals surface area contributed by atoms with Crippen LogP contribution in [0.25, 0.3) is 0 Å². The topological polar surface area (TPSA) is 75.7 Å². The average molecular weight is 391 g/mol. The Bertz CT molecular complexity index is 906. The van der Waals surface area contributed by atoms with E-state index in [-0.39, 0.29) is 12.5 Å². The van der Waals surface area contributed by atoms with Gasteiger partial charge in [0.25, 0.3) is 0 Å². The second kappa shape index (κ2) is 8.43. The Hall–Kier alpha value is -2.54. The van der Waals surface area contributed by atoms with Crippen molar-refractivity contribution in [1.82, 2.24) is 0 Å². The van der Waals surface area contributed by atoms with E-state index in [0.717, 1.165) is 17.4 Å². The molecule has 0 radical (unpaired) electrons. The fourth-order valence-electron chi connectivity index (χ4n) is 2.86. The number of anilines is 2. The van der Waals surface area contributed by atoms with Gasteiger partial charge in [-0.05, 0) is 48.2 Å². The van der Waals surface area contributed by atoms with Gasteiger partial charge < -0.3 is 10.1 Å². The van der Waals surface area contributed by atoms with E-state index >= 15 is 0 Å². The molecule has 7 heteroatoms. The molecule has 0 bridgehead atoms. The SMILES string of the molecule is COc1ccc(NC(=O)CN(c2c(C)cccc2C(C)C)S(C)(=O)=O)cc1. The molecule has 0 aromatic heterocycles. The smallest absolute Gasteiger partial charge is 0.245 e. The van der Waals surface area contributed by atoms with E-state index in [1.165, 1.54) is 4.31 Å². The Morgan fingerprint density at radius 3 is 2.30 bits per heavy atom. The summed E-state index contributed by atoms with van der Waals surface area (Å²) in [5.41, 5.74) is 2.84. The zero-order chi connectivity index (χ0) is 20.2. The number of carbonyl (C=O) groups is 1. The van der Waals surface area contributed by atoms with Crippen LogP contribution in [0.3, 0.4) is 0 Å². The Morgan fingerprint density at radius 1 is 1.15 bits per heavy atom. The number of hydrogen-bond donors (Lipinski definition) is 1. The fraction of sp³-hybridized carbons (Fsp3) is 0.350. The van der Waals surface area contributed by atoms with E-state index in [9.17, 15) is 13.2 Å². The van der Waals surface area contributed by atoms with Crippen LogP contribution in [-0.4, -0.2) is 34.2 Å². The number of para-hydroxylation sites is 1. The number of aryl methyl sites for hydroxylation is 1. The molecular formula is C20H26N2O4S. The van der Waals surface area contributed by atoms with E-state index < -0.39 is 15.9 Å². The van der Waals surface area contributed by atoms with Crippen molar-refractivity contribution < 1.29 is 17.9 Å². The summed E-state index contributed by atoms with van der Waals surface area (Å²) in [7, 11) is -2.08. The highest BCUT2D eigenvalue weighted by molar-refractivity contribution is 7.92. The number of amides is 1. The van der Waals surface area contributed by atoms with Gasteiger partial charge in [0.15, 0.2) is 0 Å². The summed E-state index contributed by atoms with van der Waals surface area (Å²) in [6, 6.07) is 12.5. The molecule has 146 valence electrons. The zero-order valence-electron chi connectivity index (χ0n) is 16.3. The van der Waals surface area contributed by atoms with Crippen molar-refractivity contribution in [3.8, 4) is 5.75 Å². The number of nitrogens with one attached hydrogen (secondary N) is 1. The van der Waals surface area contributed by atoms with Crippen molar-refractivity contribution in [3.63, 3.8) is 0 Å². The summed E-state index contributed by atoms with van der Waals surface area (Å²) in [6.45, 7) is 5.54. The van der Waals surface area contributed by atoms with Crippen LogP contribution in [0.15, 0.2) is 42.5 Å². The van der Waals surface area contributed by atoms with Gasteiger partial charge in [-0.3, -0.25) is 9.10 Å². The lowest BCUT2D eigenvalue weighted by atomic mass is 9.98. The first-order valence-electron chi connectivity index (χ1n) is 8.64. The Kier molecular flexibility index (Phi) is 6.49. The number of ether oxygens (including phenoxy) is 1. The molecule has 6 nitrogen and oxygen atoms in total. The lowest BCUT2D eigenvalue weighted by Crippen LogP contribution is -2.38. The molecule has 0 fully saturated rings. The number of benzene rings is 2. The zero-order valence-corrected chi connectivity index (χ0v) is 17.1. The Morgan fingerprint density at radius 2 is 1.78 bits per heavy atom. The second-order valence-corrected chi connectivity index (χ2v) is 8.62. The van der Waals surface area contributed by atoms with Crippen molar-refractivity contribution in [2.24, 2.45) is 0 Å². The maximum atomic E-state index is 12.5. The molecule has 0 aliphatic heterocycles. The number of methoxy groups -OCH3 is 1. The highest BCUT2D eigenvalue weighted by atomic mass is 32.2. The second-order valence-electron chi connectivity index (χ2n) is 6.71. The van der Waals surface area contributed by atoms with Gasteiger partial charge in [0.05, 0.1) is 19.1 Å². The van der Waals surface area contributed by atoms with Crippen molar-refractivity contribution in [3.05, 3.63) is 53.6 Å². The quantitative estimate of drug-likeness (QED) is 0.785. The third kappa shape index (κ3) is 5.23. The number of hydrogen-bond acceptors (Lipinski definition) is 4. The molecule has 2 aromatic carbocycles. The summed E-state index contributed by atoms with van der Waals surface area (Å²) in [5, 5.41) is 2.73. The predicted molar refractivity (Wildman–Crippen MR) is 109 cm³/mol. The van der Waals surface area contributed by atoms with E-state index in [1.54, 1.807) is 31.4 Å². The van der Waals surface area contributed by atoms with Gasteiger partial charge in [0.2, 0.25) is 15.9 Å². The van der Waals surface area contributed by atoms with Crippen LogP contribution in [0.5, 0.6) is 5.75 Å². The molecule has 2 rings (SSSR count). The van der Waals surface area contributed by atoms with Gasteiger partial charge in [-0.2, -0.15) is 0 Å². The first kappa shape index (κ1) is 20.8. The third-order valence-corrected chi connectivity index (χ3v) is 5.31. The molecule has 0 saturated heterocycles. The molecule has 0 saturated carbocycles. The molecule has 27 heavy (non-hydrogen) atoms. The van der Waals surface area contributed by atoms with Crippen molar-refractivity contribution in [2.75, 3.05) is 29.5 Å². The maximum absolute atomic E-state index is 12.5. The molecule has 0 aliphatic rings. The van der Waals surface area contributed by atoms with Crippen molar-refractivity contribution in [2.45, 2.75) is 26.7 Å². The molecular weight excluding hydrogens is 364 g/mol. The van der Waals surface area contributed by atoms with Crippen LogP contribution in [0, 0.1) is 6.92 Å². The number of nitrogens with zero attached hydrogens (tertiary/aromatic N) is 1. The van der Waals surface area contributed by atoms with E-state index in [1.807, 2.05) is 39.0 Å². The van der Waals surface area contributed by atoms with Gasteiger partial charge in [0.1, 0.15) is 12.3 Å². The fourth-order valence-corrected chi connectivity index (χ4v) is 3.79. The van der Waals surface area contributed by atoms with Crippen LogP contribution >= 0.6 is 0 Å². The summed E-state index contributed by atoms with van der Waals surface area (Å²) < 4.78 is 31.2. The maximum Gasteiger partial charge on any atom is 0.245 e. The lowest BCUT2D eigenvalue weighted by molar-refractivity contribution is -0.114. The molecule has 2 aromatic rings. The Labute approximate surface area is 161 Å². The van der Waals surface area contributed by atoms with E-state index in [0.29, 0.717) is 17.1 Å². The average Bonchev–Trinajstić information content (AvgIpc) is 2.59. The number of sulfonamides is 1. The van der Waals surface area contributed by atoms with Crippen LogP contribution in [-0.2, 0) is 14.8 Å². The van der Waals surface area contributed by atoms with Crippen molar-refractivity contribution in [1.29, 1.82) is 0 Å². The van der Waals surface area contributed by atoms with E-state index in [2.05, 4.69) is 5.32 Å². The van der Waals surface area contributed by atoms with Gasteiger partial charge in [-0.25, -0.2) is 8.42 Å². The minimum absolute atomic E-state index is 0.119. The standard InChI is InChI=1S/C20H26N2O4S/c1-14(2)18-8-6-7-15(3)20(18)22(27(5,24)25)13-19(23)21-16-9-11-17(26-4)12-10-16/h6-12,14H,13H2,1-5H3,(H,21,23). The van der Waals surface area contributed by atoms with Crippen molar-refractivity contribution >= 4 is 27.3 Å². The molecule has 0 unspecified atom stereocenters. The van der Waals surface area contributed by atoms with Crippen LogP contribution in [0.1, 0.15) is 30.9 Å². The van der Waals surface area contributed by atoms with Crippen LogP contribution < -0.4 is 14.4 Å². The monoisotopic (exact) mass is 390 g/mol. The minimum atomic E-state index is -3.64. The van der Waals surface area contributed by atoms with Crippen LogP contribution in [0.2, 0.25) is 0 Å². The summed E-state index contributed by atoms with van der Waals surface area (Å²) >= 11 is 0. The highest BCUT2D eigenvalue weighted by Crippen LogP contribution is 2.32. The largest absolute Gasteiger partial charge is 0.497 e. The molecule has 1 N–H and O–H groups in total. The first-order valence-corrected chi connectivity index (χ1v) is 10.5. The predicted octanol–water partition coefficient (Wildman–Crippen LogP) is 3.53. The molecule has 0 heterocycles. The van der Waals surface area contributed by atoms with Gasteiger partial charge >= 0.3 is 0 Å². The van der Waals surface area contributed by atoms with E-state index in [4.69, 9.17) is 4.74 Å². The normalized spacial score (nSPS) is 11.3. The Balaban J connectivity index is 2.32. The number of rotatable bonds is 7.